The lowest BCUT2D eigenvalue weighted by Crippen LogP contribution is -2.27. The van der Waals surface area contributed by atoms with Gasteiger partial charge in [-0.15, -0.1) is 0 Å². The Labute approximate surface area is 138 Å². The van der Waals surface area contributed by atoms with Gasteiger partial charge in [0.25, 0.3) is 11.1 Å². The normalized spacial score (nSPS) is 21.4. The number of para-hydroxylation sites is 1. The van der Waals surface area contributed by atoms with Crippen molar-refractivity contribution in [2.75, 3.05) is 18.0 Å². The lowest BCUT2D eigenvalue weighted by molar-refractivity contribution is -0.122. The zero-order valence-electron chi connectivity index (χ0n) is 12.4. The largest absolute Gasteiger partial charge is 0.335 e. The number of carbonyl (C=O) groups is 2. The highest BCUT2D eigenvalue weighted by molar-refractivity contribution is 8.18. The molecule has 0 N–H and O–H groups in total. The molecule has 2 heterocycles. The van der Waals surface area contributed by atoms with Gasteiger partial charge in [0.2, 0.25) is 0 Å². The molecule has 0 aliphatic carbocycles. The van der Waals surface area contributed by atoms with E-state index in [0.29, 0.717) is 11.4 Å². The van der Waals surface area contributed by atoms with Gasteiger partial charge in [0.15, 0.2) is 0 Å². The zero-order chi connectivity index (χ0) is 15.7. The third-order valence-electron chi connectivity index (χ3n) is 3.52. The molecule has 22 heavy (non-hydrogen) atoms. The molecule has 0 aromatic heterocycles. The van der Waals surface area contributed by atoms with Crippen LogP contribution in [0.25, 0.3) is 0 Å². The van der Waals surface area contributed by atoms with E-state index in [9.17, 15) is 9.59 Å². The number of nitrogens with zero attached hydrogens (tertiary/aromatic N) is 2. The molecule has 3 rings (SSSR count). The summed E-state index contributed by atoms with van der Waals surface area (Å²) in [5.41, 5.74) is 1.19. The number of likely N-dealkylation sites (N-methyl/N-ethyl adjacent to an activating group) is 1. The van der Waals surface area contributed by atoms with Crippen molar-refractivity contribution in [2.24, 2.45) is 0 Å². The quantitative estimate of drug-likeness (QED) is 0.781. The van der Waals surface area contributed by atoms with Crippen LogP contribution in [-0.2, 0) is 4.79 Å². The van der Waals surface area contributed by atoms with Gasteiger partial charge in [-0.05, 0) is 49.9 Å². The molecule has 114 valence electrons. The van der Waals surface area contributed by atoms with Crippen molar-refractivity contribution < 1.29 is 9.59 Å². The van der Waals surface area contributed by atoms with E-state index >= 15 is 0 Å². The number of hydrogen-bond donors (Lipinski definition) is 0. The van der Waals surface area contributed by atoms with Gasteiger partial charge in [-0.2, -0.15) is 0 Å². The van der Waals surface area contributed by atoms with E-state index in [1.54, 1.807) is 24.8 Å². The number of allylic oxidation sites excluding steroid dienone is 2. The molecular formula is C16H16N2O2S2. The SMILES string of the molecule is CCN1C(=O)S/C(=C/C=C2\Sc3ccccc3N2CC)C1=O. The van der Waals surface area contributed by atoms with Gasteiger partial charge >= 0.3 is 0 Å². The van der Waals surface area contributed by atoms with Crippen LogP contribution in [0.1, 0.15) is 13.8 Å². The third kappa shape index (κ3) is 2.57. The fourth-order valence-corrected chi connectivity index (χ4v) is 4.41. The molecule has 6 heteroatoms. The summed E-state index contributed by atoms with van der Waals surface area (Å²) in [5, 5.41) is 0.888. The van der Waals surface area contributed by atoms with Gasteiger partial charge in [-0.3, -0.25) is 14.5 Å². The van der Waals surface area contributed by atoms with Crippen LogP contribution in [0.15, 0.2) is 51.2 Å². The molecule has 2 amide bonds. The Morgan fingerprint density at radius 1 is 1.00 bits per heavy atom. The second-order valence-corrected chi connectivity index (χ2v) is 6.82. The predicted octanol–water partition coefficient (Wildman–Crippen LogP) is 4.06. The van der Waals surface area contributed by atoms with Crippen LogP contribution in [0, 0.1) is 0 Å². The zero-order valence-corrected chi connectivity index (χ0v) is 14.0. The lowest BCUT2D eigenvalue weighted by Gasteiger charge is -2.17. The smallest absolute Gasteiger partial charge is 0.293 e. The van der Waals surface area contributed by atoms with E-state index in [4.69, 9.17) is 0 Å². The summed E-state index contributed by atoms with van der Waals surface area (Å²) in [4.78, 5) is 29.0. The molecule has 0 unspecified atom stereocenters. The number of fused-ring (bicyclic) bond motifs is 1. The molecule has 1 saturated heterocycles. The average molecular weight is 332 g/mol. The Hall–Kier alpha value is -1.66. The van der Waals surface area contributed by atoms with E-state index in [2.05, 4.69) is 24.0 Å². The van der Waals surface area contributed by atoms with Gasteiger partial charge in [-0.1, -0.05) is 23.9 Å². The molecule has 2 aliphatic heterocycles. The Morgan fingerprint density at radius 2 is 1.73 bits per heavy atom. The minimum Gasteiger partial charge on any atom is -0.335 e. The molecular weight excluding hydrogens is 316 g/mol. The number of thioether (sulfide) groups is 2. The van der Waals surface area contributed by atoms with Crippen LogP contribution >= 0.6 is 23.5 Å². The highest BCUT2D eigenvalue weighted by Crippen LogP contribution is 2.45. The van der Waals surface area contributed by atoms with Gasteiger partial charge in [0, 0.05) is 18.0 Å². The highest BCUT2D eigenvalue weighted by Gasteiger charge is 2.33. The van der Waals surface area contributed by atoms with Crippen molar-refractivity contribution in [3.63, 3.8) is 0 Å². The molecule has 4 nitrogen and oxygen atoms in total. The van der Waals surface area contributed by atoms with Crippen LogP contribution in [-0.4, -0.2) is 29.1 Å². The Bertz CT molecular complexity index is 697. The van der Waals surface area contributed by atoms with Crippen molar-refractivity contribution in [3.8, 4) is 0 Å². The summed E-state index contributed by atoms with van der Waals surface area (Å²) >= 11 is 2.69. The first-order valence-corrected chi connectivity index (χ1v) is 8.79. The fraction of sp³-hybridized carbons (Fsp3) is 0.250. The molecule has 1 aromatic carbocycles. The van der Waals surface area contributed by atoms with E-state index in [1.807, 2.05) is 18.2 Å². The van der Waals surface area contributed by atoms with Crippen molar-refractivity contribution in [1.82, 2.24) is 4.90 Å². The minimum absolute atomic E-state index is 0.188. The van der Waals surface area contributed by atoms with Crippen molar-refractivity contribution in [3.05, 3.63) is 46.4 Å². The van der Waals surface area contributed by atoms with Crippen LogP contribution < -0.4 is 4.90 Å². The van der Waals surface area contributed by atoms with Gasteiger partial charge in [-0.25, -0.2) is 0 Å². The summed E-state index contributed by atoms with van der Waals surface area (Å²) in [6.07, 6.45) is 3.69. The van der Waals surface area contributed by atoms with E-state index in [-0.39, 0.29) is 11.1 Å². The second-order valence-electron chi connectivity index (χ2n) is 4.77. The maximum absolute atomic E-state index is 12.1. The predicted molar refractivity (Wildman–Crippen MR) is 91.9 cm³/mol. The molecule has 0 radical (unpaired) electrons. The summed E-state index contributed by atoms with van der Waals surface area (Å²) in [6, 6.07) is 8.24. The molecule has 2 aliphatic rings. The van der Waals surface area contributed by atoms with Crippen molar-refractivity contribution in [2.45, 2.75) is 18.7 Å². The second kappa shape index (κ2) is 6.22. The lowest BCUT2D eigenvalue weighted by atomic mass is 10.3. The number of amides is 2. The van der Waals surface area contributed by atoms with E-state index < -0.39 is 0 Å². The van der Waals surface area contributed by atoms with Crippen LogP contribution in [0.3, 0.4) is 0 Å². The van der Waals surface area contributed by atoms with Gasteiger partial charge in [0.05, 0.1) is 15.6 Å². The molecule has 0 bridgehead atoms. The van der Waals surface area contributed by atoms with Crippen LogP contribution in [0.2, 0.25) is 0 Å². The fourth-order valence-electron chi connectivity index (χ4n) is 2.44. The third-order valence-corrected chi connectivity index (χ3v) is 5.58. The van der Waals surface area contributed by atoms with Crippen LogP contribution in [0.4, 0.5) is 10.5 Å². The Morgan fingerprint density at radius 3 is 2.41 bits per heavy atom. The molecule has 0 spiro atoms. The van der Waals surface area contributed by atoms with Gasteiger partial charge < -0.3 is 4.90 Å². The number of carbonyl (C=O) groups excluding carboxylic acids is 2. The van der Waals surface area contributed by atoms with E-state index in [1.165, 1.54) is 15.5 Å². The number of imide groups is 1. The molecule has 1 aromatic rings. The van der Waals surface area contributed by atoms with Crippen LogP contribution in [0.5, 0.6) is 0 Å². The Balaban J connectivity index is 1.87. The summed E-state index contributed by atoms with van der Waals surface area (Å²) in [7, 11) is 0. The maximum atomic E-state index is 12.1. The highest BCUT2D eigenvalue weighted by atomic mass is 32.2. The monoisotopic (exact) mass is 332 g/mol. The summed E-state index contributed by atoms with van der Waals surface area (Å²) in [5.74, 6) is -0.196. The van der Waals surface area contributed by atoms with Crippen molar-refractivity contribution >= 4 is 40.4 Å². The first-order valence-electron chi connectivity index (χ1n) is 7.15. The number of rotatable bonds is 3. The maximum Gasteiger partial charge on any atom is 0.293 e. The molecule has 0 saturated carbocycles. The number of benzene rings is 1. The van der Waals surface area contributed by atoms with E-state index in [0.717, 1.165) is 23.3 Å². The Kier molecular flexibility index (Phi) is 4.31. The average Bonchev–Trinajstić information content (AvgIpc) is 3.01. The number of anilines is 1. The first kappa shape index (κ1) is 15.2. The first-order chi connectivity index (χ1) is 10.7. The summed E-state index contributed by atoms with van der Waals surface area (Å²) in [6.45, 7) is 5.18. The van der Waals surface area contributed by atoms with Crippen molar-refractivity contribution in [1.29, 1.82) is 0 Å². The molecule has 0 atom stereocenters. The standard InChI is InChI=1S/C16H16N2O2S2/c1-3-17-11-7-5-6-8-12(11)21-14(17)10-9-13-15(19)18(4-2)16(20)22-13/h5-10H,3-4H2,1-2H3/b13-9+,14-10-. The molecule has 1 fully saturated rings. The van der Waals surface area contributed by atoms with Gasteiger partial charge in [0.1, 0.15) is 0 Å². The summed E-state index contributed by atoms with van der Waals surface area (Å²) < 4.78 is 0. The number of hydrogen-bond acceptors (Lipinski definition) is 5. The topological polar surface area (TPSA) is 40.6 Å². The minimum atomic E-state index is -0.196.